The molecule has 0 atom stereocenters. The Hall–Kier alpha value is -1.24. The number of hydrogen-bond acceptors (Lipinski definition) is 3. The van der Waals surface area contributed by atoms with E-state index in [0.29, 0.717) is 16.5 Å². The van der Waals surface area contributed by atoms with Gasteiger partial charge in [0, 0.05) is 4.47 Å². The van der Waals surface area contributed by atoms with Crippen molar-refractivity contribution in [3.05, 3.63) is 52.0 Å². The predicted molar refractivity (Wildman–Crippen MR) is 83.0 cm³/mol. The third-order valence-electron chi connectivity index (χ3n) is 2.55. The molecule has 0 heterocycles. The number of halogens is 2. The van der Waals surface area contributed by atoms with Crippen LogP contribution in [0.15, 0.2) is 51.8 Å². The Morgan fingerprint density at radius 3 is 2.35 bits per heavy atom. The molecule has 0 fully saturated rings. The van der Waals surface area contributed by atoms with Gasteiger partial charge in [0.05, 0.1) is 22.7 Å². The Bertz CT molecular complexity index is 717. The summed E-state index contributed by atoms with van der Waals surface area (Å²) < 4.78 is 32.6. The van der Waals surface area contributed by atoms with Gasteiger partial charge in [-0.15, -0.1) is 0 Å². The minimum Gasteiger partial charge on any atom is -0.497 e. The van der Waals surface area contributed by atoms with Gasteiger partial charge in [-0.05, 0) is 42.5 Å². The molecule has 0 aromatic heterocycles. The lowest BCUT2D eigenvalue weighted by Crippen LogP contribution is -2.13. The Morgan fingerprint density at radius 2 is 1.80 bits per heavy atom. The monoisotopic (exact) mass is 375 g/mol. The molecule has 1 N–H and O–H groups in total. The Kier molecular flexibility index (Phi) is 4.57. The Balaban J connectivity index is 2.30. The van der Waals surface area contributed by atoms with Crippen LogP contribution < -0.4 is 9.46 Å². The van der Waals surface area contributed by atoms with E-state index in [1.165, 1.54) is 19.2 Å². The lowest BCUT2D eigenvalue weighted by molar-refractivity contribution is 0.414. The maximum Gasteiger partial charge on any atom is 0.261 e. The zero-order valence-electron chi connectivity index (χ0n) is 10.4. The van der Waals surface area contributed by atoms with Crippen LogP contribution in [0.4, 0.5) is 5.69 Å². The molecule has 4 nitrogen and oxygen atoms in total. The average Bonchev–Trinajstić information content (AvgIpc) is 2.42. The largest absolute Gasteiger partial charge is 0.497 e. The first-order chi connectivity index (χ1) is 9.42. The molecular weight excluding hydrogens is 366 g/mol. The van der Waals surface area contributed by atoms with Crippen molar-refractivity contribution < 1.29 is 13.2 Å². The van der Waals surface area contributed by atoms with E-state index in [1.807, 2.05) is 0 Å². The average molecular weight is 377 g/mol. The van der Waals surface area contributed by atoms with E-state index in [9.17, 15) is 8.42 Å². The van der Waals surface area contributed by atoms with Gasteiger partial charge in [0.1, 0.15) is 5.75 Å². The summed E-state index contributed by atoms with van der Waals surface area (Å²) in [7, 11) is -2.16. The molecule has 0 saturated heterocycles. The topological polar surface area (TPSA) is 55.4 Å². The van der Waals surface area contributed by atoms with Crippen molar-refractivity contribution in [2.24, 2.45) is 0 Å². The van der Waals surface area contributed by atoms with Crippen LogP contribution in [0, 0.1) is 0 Å². The molecule has 0 spiro atoms. The first kappa shape index (κ1) is 15.2. The van der Waals surface area contributed by atoms with Gasteiger partial charge in [0.15, 0.2) is 0 Å². The predicted octanol–water partition coefficient (Wildman–Crippen LogP) is 3.91. The summed E-state index contributed by atoms with van der Waals surface area (Å²) in [5.41, 5.74) is 0.325. The summed E-state index contributed by atoms with van der Waals surface area (Å²) in [5, 5.41) is 0.316. The first-order valence-electron chi connectivity index (χ1n) is 5.54. The molecule has 0 radical (unpaired) electrons. The summed E-state index contributed by atoms with van der Waals surface area (Å²) in [6.07, 6.45) is 0. The van der Waals surface area contributed by atoms with E-state index < -0.39 is 10.0 Å². The van der Waals surface area contributed by atoms with Crippen LogP contribution >= 0.6 is 27.5 Å². The lowest BCUT2D eigenvalue weighted by Gasteiger charge is -2.10. The van der Waals surface area contributed by atoms with Crippen molar-refractivity contribution in [1.29, 1.82) is 0 Å². The Labute approximate surface area is 130 Å². The number of anilines is 1. The van der Waals surface area contributed by atoms with E-state index in [4.69, 9.17) is 16.3 Å². The van der Waals surface area contributed by atoms with Gasteiger partial charge >= 0.3 is 0 Å². The minimum atomic E-state index is -3.68. The molecule has 20 heavy (non-hydrogen) atoms. The second kappa shape index (κ2) is 6.03. The molecule has 0 aliphatic carbocycles. The molecule has 2 rings (SSSR count). The normalized spacial score (nSPS) is 11.2. The quantitative estimate of drug-likeness (QED) is 0.880. The number of ether oxygens (including phenoxy) is 1. The van der Waals surface area contributed by atoms with Gasteiger partial charge < -0.3 is 4.74 Å². The number of rotatable bonds is 4. The van der Waals surface area contributed by atoms with Crippen LogP contribution in [0.3, 0.4) is 0 Å². The SMILES string of the molecule is COc1ccc(S(=O)(=O)Nc2ccc(Br)cc2Cl)cc1. The molecule has 0 unspecified atom stereocenters. The van der Waals surface area contributed by atoms with Gasteiger partial charge in [-0.25, -0.2) is 8.42 Å². The fraction of sp³-hybridized carbons (Fsp3) is 0.0769. The van der Waals surface area contributed by atoms with Gasteiger partial charge in [-0.1, -0.05) is 27.5 Å². The highest BCUT2D eigenvalue weighted by atomic mass is 79.9. The van der Waals surface area contributed by atoms with E-state index >= 15 is 0 Å². The molecule has 0 bridgehead atoms. The van der Waals surface area contributed by atoms with E-state index in [1.54, 1.807) is 30.3 Å². The van der Waals surface area contributed by atoms with Gasteiger partial charge in [-0.2, -0.15) is 0 Å². The third kappa shape index (κ3) is 3.45. The fourth-order valence-corrected chi connectivity index (χ4v) is 3.39. The summed E-state index contributed by atoms with van der Waals surface area (Å²) in [4.78, 5) is 0.136. The first-order valence-corrected chi connectivity index (χ1v) is 8.20. The third-order valence-corrected chi connectivity index (χ3v) is 4.73. The molecule has 2 aromatic rings. The summed E-state index contributed by atoms with van der Waals surface area (Å²) >= 11 is 9.25. The zero-order chi connectivity index (χ0) is 14.8. The summed E-state index contributed by atoms with van der Waals surface area (Å²) in [6, 6.07) is 11.0. The van der Waals surface area contributed by atoms with E-state index in [2.05, 4.69) is 20.7 Å². The number of hydrogen-bond donors (Lipinski definition) is 1. The highest BCUT2D eigenvalue weighted by Gasteiger charge is 2.15. The van der Waals surface area contributed by atoms with Crippen molar-refractivity contribution in [1.82, 2.24) is 0 Å². The van der Waals surface area contributed by atoms with Gasteiger partial charge in [-0.3, -0.25) is 4.72 Å². The second-order valence-electron chi connectivity index (χ2n) is 3.91. The molecule has 106 valence electrons. The molecule has 7 heteroatoms. The van der Waals surface area contributed by atoms with Crippen LogP contribution in [0.5, 0.6) is 5.75 Å². The van der Waals surface area contributed by atoms with Crippen LogP contribution in [0.2, 0.25) is 5.02 Å². The van der Waals surface area contributed by atoms with Gasteiger partial charge in [0.25, 0.3) is 10.0 Å². The van der Waals surface area contributed by atoms with Crippen LogP contribution in [0.25, 0.3) is 0 Å². The summed E-state index contributed by atoms with van der Waals surface area (Å²) in [5.74, 6) is 0.589. The van der Waals surface area contributed by atoms with E-state index in [-0.39, 0.29) is 4.90 Å². The standard InChI is InChI=1S/C13H11BrClNO3S/c1-19-10-3-5-11(6-4-10)20(17,18)16-13-7-2-9(14)8-12(13)15/h2-8,16H,1H3. The van der Waals surface area contributed by atoms with Gasteiger partial charge in [0.2, 0.25) is 0 Å². The molecule has 0 aliphatic heterocycles. The smallest absolute Gasteiger partial charge is 0.261 e. The fourth-order valence-electron chi connectivity index (χ4n) is 1.53. The second-order valence-corrected chi connectivity index (χ2v) is 6.91. The maximum atomic E-state index is 12.2. The number of nitrogens with one attached hydrogen (secondary N) is 1. The summed E-state index contributed by atoms with van der Waals surface area (Å²) in [6.45, 7) is 0. The number of sulfonamides is 1. The van der Waals surface area contributed by atoms with Crippen LogP contribution in [-0.2, 0) is 10.0 Å². The highest BCUT2D eigenvalue weighted by Crippen LogP contribution is 2.28. The maximum absolute atomic E-state index is 12.2. The van der Waals surface area contributed by atoms with Crippen molar-refractivity contribution in [3.63, 3.8) is 0 Å². The van der Waals surface area contributed by atoms with Crippen LogP contribution in [-0.4, -0.2) is 15.5 Å². The molecular formula is C13H11BrClNO3S. The molecule has 2 aromatic carbocycles. The minimum absolute atomic E-state index is 0.136. The highest BCUT2D eigenvalue weighted by molar-refractivity contribution is 9.10. The molecule has 0 amide bonds. The van der Waals surface area contributed by atoms with E-state index in [0.717, 1.165) is 4.47 Å². The van der Waals surface area contributed by atoms with Crippen molar-refractivity contribution in [3.8, 4) is 5.75 Å². The van der Waals surface area contributed by atoms with Crippen molar-refractivity contribution in [2.75, 3.05) is 11.8 Å². The Morgan fingerprint density at radius 1 is 1.15 bits per heavy atom. The molecule has 0 saturated carbocycles. The zero-order valence-corrected chi connectivity index (χ0v) is 13.6. The van der Waals surface area contributed by atoms with Crippen molar-refractivity contribution in [2.45, 2.75) is 4.90 Å². The van der Waals surface area contributed by atoms with Crippen LogP contribution in [0.1, 0.15) is 0 Å². The molecule has 0 aliphatic rings. The van der Waals surface area contributed by atoms with Crippen molar-refractivity contribution >= 4 is 43.2 Å². The number of benzene rings is 2. The lowest BCUT2D eigenvalue weighted by atomic mass is 10.3. The number of methoxy groups -OCH3 is 1.